The Morgan fingerprint density at radius 2 is 1.73 bits per heavy atom. The first kappa shape index (κ1) is 34.3. The van der Waals surface area contributed by atoms with E-state index in [0.29, 0.717) is 42.7 Å². The number of thioether (sulfide) groups is 2. The third kappa shape index (κ3) is 9.58. The number of unbranched alkanes of at least 4 members (excludes halogenated alkanes) is 2. The van der Waals surface area contributed by atoms with Crippen molar-refractivity contribution in [1.29, 1.82) is 0 Å². The van der Waals surface area contributed by atoms with Gasteiger partial charge >= 0.3 is 11.9 Å². The van der Waals surface area contributed by atoms with Crippen LogP contribution in [-0.4, -0.2) is 66.9 Å². The fourth-order valence-corrected chi connectivity index (χ4v) is 8.76. The molecule has 8 nitrogen and oxygen atoms in total. The van der Waals surface area contributed by atoms with Crippen molar-refractivity contribution < 1.29 is 39.2 Å². The second-order valence-electron chi connectivity index (χ2n) is 10.4. The number of carboxylic acids is 2. The zero-order valence-electron chi connectivity index (χ0n) is 24.3. The Morgan fingerprint density at radius 1 is 1.05 bits per heavy atom. The third-order valence-electron chi connectivity index (χ3n) is 7.40. The predicted octanol–water partition coefficient (Wildman–Crippen LogP) is 6.95. The lowest BCUT2D eigenvalue weighted by Crippen LogP contribution is -2.37. The lowest BCUT2D eigenvalue weighted by atomic mass is 9.98. The molecule has 1 aliphatic heterocycles. The highest BCUT2D eigenvalue weighted by Gasteiger charge is 2.54. The quantitative estimate of drug-likeness (QED) is 0.107. The van der Waals surface area contributed by atoms with Gasteiger partial charge in [-0.25, -0.2) is 0 Å². The maximum Gasteiger partial charge on any atom is 0.303 e. The van der Waals surface area contributed by atoms with E-state index in [-0.39, 0.29) is 35.2 Å². The first-order valence-electron chi connectivity index (χ1n) is 14.4. The zero-order valence-corrected chi connectivity index (χ0v) is 26.0. The van der Waals surface area contributed by atoms with E-state index in [0.717, 1.165) is 50.0 Å². The van der Waals surface area contributed by atoms with E-state index in [9.17, 15) is 29.7 Å². The van der Waals surface area contributed by atoms with Gasteiger partial charge in [0.1, 0.15) is 16.4 Å². The summed E-state index contributed by atoms with van der Waals surface area (Å²) in [6.45, 7) is 8.21. The fourth-order valence-electron chi connectivity index (χ4n) is 5.18. The average Bonchev–Trinajstić information content (AvgIpc) is 3.24. The second kappa shape index (κ2) is 16.5. The van der Waals surface area contributed by atoms with Crippen molar-refractivity contribution in [3.05, 3.63) is 23.3 Å². The van der Waals surface area contributed by atoms with Crippen LogP contribution >= 0.6 is 23.5 Å². The summed E-state index contributed by atoms with van der Waals surface area (Å²) in [5, 5.41) is 29.0. The Morgan fingerprint density at radius 3 is 2.27 bits per heavy atom. The first-order valence-corrected chi connectivity index (χ1v) is 16.4. The molecular formula is C30H46O8S2. The van der Waals surface area contributed by atoms with Crippen LogP contribution in [0.1, 0.15) is 108 Å². The molecule has 0 saturated carbocycles. The van der Waals surface area contributed by atoms with E-state index in [1.165, 1.54) is 6.92 Å². The average molecular weight is 599 g/mol. The highest BCUT2D eigenvalue weighted by Crippen LogP contribution is 2.57. The van der Waals surface area contributed by atoms with Gasteiger partial charge < -0.3 is 24.8 Å². The summed E-state index contributed by atoms with van der Waals surface area (Å²) in [4.78, 5) is 33.6. The number of hydrogen-bond acceptors (Lipinski definition) is 8. The van der Waals surface area contributed by atoms with Gasteiger partial charge in [0.25, 0.3) is 0 Å². The number of phenols is 1. The number of carbonyl (C=O) groups is 3. The molecule has 1 fully saturated rings. The Labute approximate surface area is 247 Å². The number of aliphatic carboxylic acids is 2. The van der Waals surface area contributed by atoms with Crippen molar-refractivity contribution in [2.45, 2.75) is 114 Å². The number of rotatable bonds is 20. The molecule has 0 bridgehead atoms. The fraction of sp³-hybridized carbons (Fsp3) is 0.700. The molecule has 10 heteroatoms. The topological polar surface area (TPSA) is 130 Å². The molecule has 1 saturated heterocycles. The lowest BCUT2D eigenvalue weighted by Gasteiger charge is -2.32. The number of ketones is 1. The summed E-state index contributed by atoms with van der Waals surface area (Å²) in [6, 6.07) is 3.40. The molecule has 1 heterocycles. The molecule has 1 aromatic carbocycles. The molecule has 0 spiro atoms. The van der Waals surface area contributed by atoms with E-state index < -0.39 is 16.9 Å². The van der Waals surface area contributed by atoms with Gasteiger partial charge in [-0.2, -0.15) is 11.8 Å². The Kier molecular flexibility index (Phi) is 14.2. The molecule has 1 aliphatic rings. The van der Waals surface area contributed by atoms with E-state index in [1.807, 2.05) is 18.7 Å². The number of benzene rings is 1. The molecule has 40 heavy (non-hydrogen) atoms. The standard InChI is InChI=1S/C30H46O8S2/c1-5-11-23-24(13-12-22(21(4)31)28(23)36)37-18-9-8-10-19-39-20-29(7-3)25(6-2)38-30(40-29,16-14-26(32)33)17-15-27(34)35/h12-13,25,36H,5-11,14-20H2,1-4H3,(H,32,33)(H,34,35). The van der Waals surface area contributed by atoms with Crippen LogP contribution in [-0.2, 0) is 20.7 Å². The second-order valence-corrected chi connectivity index (χ2v) is 13.3. The van der Waals surface area contributed by atoms with Crippen LogP contribution in [0.2, 0.25) is 0 Å². The highest BCUT2D eigenvalue weighted by atomic mass is 32.2. The molecule has 1 aromatic rings. The maximum absolute atomic E-state index is 11.8. The summed E-state index contributed by atoms with van der Waals surface area (Å²) in [5.41, 5.74) is 1.02. The van der Waals surface area contributed by atoms with Crippen molar-refractivity contribution in [1.82, 2.24) is 0 Å². The minimum absolute atomic E-state index is 0.0298. The van der Waals surface area contributed by atoms with Gasteiger partial charge in [0.15, 0.2) is 5.78 Å². The largest absolute Gasteiger partial charge is 0.507 e. The Balaban J connectivity index is 1.86. The van der Waals surface area contributed by atoms with Crippen molar-refractivity contribution in [3.63, 3.8) is 0 Å². The predicted molar refractivity (Wildman–Crippen MR) is 161 cm³/mol. The van der Waals surface area contributed by atoms with Crippen LogP contribution in [0.25, 0.3) is 0 Å². The number of aromatic hydroxyl groups is 1. The molecular weight excluding hydrogens is 552 g/mol. The van der Waals surface area contributed by atoms with E-state index in [2.05, 4.69) is 13.8 Å². The smallest absolute Gasteiger partial charge is 0.303 e. The minimum atomic E-state index is -0.897. The number of Topliss-reactive ketones (excluding diaryl/α,β-unsaturated/α-hetero) is 1. The molecule has 2 atom stereocenters. The van der Waals surface area contributed by atoms with Crippen LogP contribution < -0.4 is 4.74 Å². The van der Waals surface area contributed by atoms with Crippen LogP contribution in [0.5, 0.6) is 11.5 Å². The van der Waals surface area contributed by atoms with Crippen molar-refractivity contribution in [3.8, 4) is 11.5 Å². The molecule has 226 valence electrons. The van der Waals surface area contributed by atoms with Gasteiger partial charge in [-0.05, 0) is 76.2 Å². The molecule has 2 unspecified atom stereocenters. The van der Waals surface area contributed by atoms with Crippen LogP contribution in [0.4, 0.5) is 0 Å². The van der Waals surface area contributed by atoms with E-state index >= 15 is 0 Å². The Hall–Kier alpha value is -1.91. The molecule has 2 rings (SSSR count). The van der Waals surface area contributed by atoms with Gasteiger partial charge in [0.2, 0.25) is 0 Å². The molecule has 0 aliphatic carbocycles. The van der Waals surface area contributed by atoms with Crippen LogP contribution in [0.15, 0.2) is 12.1 Å². The van der Waals surface area contributed by atoms with E-state index in [1.54, 1.807) is 23.9 Å². The minimum Gasteiger partial charge on any atom is -0.507 e. The van der Waals surface area contributed by atoms with E-state index in [4.69, 9.17) is 9.47 Å². The maximum atomic E-state index is 11.8. The SMILES string of the molecule is CCCc1c(OCCCCCSCC2(CC)SC(CCC(=O)O)(CCC(=O)O)OC2CC)ccc(C(C)=O)c1O. The van der Waals surface area contributed by atoms with Crippen LogP contribution in [0, 0.1) is 0 Å². The molecule has 0 aromatic heterocycles. The third-order valence-corrected chi connectivity index (χ3v) is 10.9. The number of carbonyl (C=O) groups excluding carboxylic acids is 1. The van der Waals surface area contributed by atoms with Crippen molar-refractivity contribution in [2.75, 3.05) is 18.1 Å². The summed E-state index contributed by atoms with van der Waals surface area (Å²) < 4.78 is 12.3. The lowest BCUT2D eigenvalue weighted by molar-refractivity contribution is -0.139. The van der Waals surface area contributed by atoms with Gasteiger partial charge in [0.05, 0.1) is 23.0 Å². The van der Waals surface area contributed by atoms with Gasteiger partial charge in [-0.3, -0.25) is 14.4 Å². The summed E-state index contributed by atoms with van der Waals surface area (Å²) in [7, 11) is 0. The number of carboxylic acid groups (broad SMARTS) is 2. The summed E-state index contributed by atoms with van der Waals surface area (Å²) >= 11 is 3.54. The zero-order chi connectivity index (χ0) is 29.8. The summed E-state index contributed by atoms with van der Waals surface area (Å²) in [5.74, 6) is 0.557. The molecule has 0 radical (unpaired) electrons. The highest BCUT2D eigenvalue weighted by molar-refractivity contribution is 8.04. The number of phenolic OH excluding ortho intramolecular Hbond substituents is 1. The van der Waals surface area contributed by atoms with Gasteiger partial charge in [-0.15, -0.1) is 11.8 Å². The molecule has 3 N–H and O–H groups in total. The normalized spacial score (nSPS) is 19.9. The van der Waals surface area contributed by atoms with Crippen molar-refractivity contribution >= 4 is 41.2 Å². The number of ether oxygens (including phenoxy) is 2. The first-order chi connectivity index (χ1) is 19.0. The van der Waals surface area contributed by atoms with Gasteiger partial charge in [0, 0.05) is 24.2 Å². The number of hydrogen-bond donors (Lipinski definition) is 3. The van der Waals surface area contributed by atoms with Crippen molar-refractivity contribution in [2.24, 2.45) is 0 Å². The van der Waals surface area contributed by atoms with Gasteiger partial charge in [-0.1, -0.05) is 27.2 Å². The Bertz CT molecular complexity index is 980. The molecule has 0 amide bonds. The summed E-state index contributed by atoms with van der Waals surface area (Å²) in [6.07, 6.45) is 6.52. The van der Waals surface area contributed by atoms with Crippen LogP contribution in [0.3, 0.4) is 0 Å². The monoisotopic (exact) mass is 598 g/mol.